The van der Waals surface area contributed by atoms with E-state index in [1.807, 2.05) is 34.7 Å². The van der Waals surface area contributed by atoms with Gasteiger partial charge in [0.2, 0.25) is 5.91 Å². The smallest absolute Gasteiger partial charge is 0.253 e. The highest BCUT2D eigenvalue weighted by Crippen LogP contribution is 2.24. The maximum Gasteiger partial charge on any atom is 0.253 e. The number of aryl methyl sites for hydroxylation is 1. The maximum atomic E-state index is 12.9. The quantitative estimate of drug-likeness (QED) is 0.880. The SMILES string of the molecule is CCn1nnc2cc(C(=O)N3CCC(NC(=O)C4CCCCC4)CC3)ccc21. The summed E-state index contributed by atoms with van der Waals surface area (Å²) in [6.45, 7) is 4.12. The highest BCUT2D eigenvalue weighted by Gasteiger charge is 2.27. The van der Waals surface area contributed by atoms with Crippen molar-refractivity contribution in [2.24, 2.45) is 5.92 Å². The Morgan fingerprint density at radius 3 is 2.57 bits per heavy atom. The van der Waals surface area contributed by atoms with E-state index >= 15 is 0 Å². The van der Waals surface area contributed by atoms with Crippen molar-refractivity contribution < 1.29 is 9.59 Å². The molecule has 28 heavy (non-hydrogen) atoms. The standard InChI is InChI=1S/C21H29N5O2/c1-2-26-19-9-8-16(14-18(19)23-24-26)21(28)25-12-10-17(11-13-25)22-20(27)15-6-4-3-5-7-15/h8-9,14-15,17H,2-7,10-13H2,1H3,(H,22,27). The molecule has 2 amide bonds. The molecule has 2 fully saturated rings. The molecule has 1 saturated carbocycles. The van der Waals surface area contributed by atoms with Crippen molar-refractivity contribution in [3.8, 4) is 0 Å². The lowest BCUT2D eigenvalue weighted by molar-refractivity contribution is -0.126. The first-order valence-electron chi connectivity index (χ1n) is 10.6. The van der Waals surface area contributed by atoms with Crippen molar-refractivity contribution in [3.05, 3.63) is 23.8 Å². The number of benzene rings is 1. The summed E-state index contributed by atoms with van der Waals surface area (Å²) < 4.78 is 1.82. The molecule has 2 aliphatic rings. The summed E-state index contributed by atoms with van der Waals surface area (Å²) in [5.41, 5.74) is 2.35. The van der Waals surface area contributed by atoms with Gasteiger partial charge < -0.3 is 10.2 Å². The van der Waals surface area contributed by atoms with Crippen molar-refractivity contribution in [3.63, 3.8) is 0 Å². The number of piperidine rings is 1. The third kappa shape index (κ3) is 3.88. The van der Waals surface area contributed by atoms with Gasteiger partial charge in [0.1, 0.15) is 5.52 Å². The highest BCUT2D eigenvalue weighted by atomic mass is 16.2. The minimum Gasteiger partial charge on any atom is -0.353 e. The van der Waals surface area contributed by atoms with E-state index in [1.54, 1.807) is 0 Å². The lowest BCUT2D eigenvalue weighted by atomic mass is 9.88. The average Bonchev–Trinajstić information content (AvgIpc) is 3.16. The lowest BCUT2D eigenvalue weighted by Crippen LogP contribution is -2.48. The number of carbonyl (C=O) groups excluding carboxylic acids is 2. The van der Waals surface area contributed by atoms with Gasteiger partial charge in [0.15, 0.2) is 0 Å². The van der Waals surface area contributed by atoms with Crippen LogP contribution in [-0.4, -0.2) is 50.8 Å². The van der Waals surface area contributed by atoms with Crippen LogP contribution in [0.2, 0.25) is 0 Å². The molecule has 0 bridgehead atoms. The molecule has 4 rings (SSSR count). The number of likely N-dealkylation sites (tertiary alicyclic amines) is 1. The van der Waals surface area contributed by atoms with Crippen molar-refractivity contribution >= 4 is 22.8 Å². The summed E-state index contributed by atoms with van der Waals surface area (Å²) in [4.78, 5) is 27.2. The van der Waals surface area contributed by atoms with Gasteiger partial charge in [-0.25, -0.2) is 4.68 Å². The molecule has 2 heterocycles. The number of hydrogen-bond donors (Lipinski definition) is 1. The fraction of sp³-hybridized carbons (Fsp3) is 0.619. The van der Waals surface area contributed by atoms with E-state index in [4.69, 9.17) is 0 Å². The van der Waals surface area contributed by atoms with E-state index in [2.05, 4.69) is 15.6 Å². The average molecular weight is 383 g/mol. The normalized spacial score (nSPS) is 19.1. The molecule has 1 aromatic heterocycles. The molecule has 1 saturated heterocycles. The van der Waals surface area contributed by atoms with Crippen LogP contribution in [0.15, 0.2) is 18.2 Å². The molecule has 7 nitrogen and oxygen atoms in total. The van der Waals surface area contributed by atoms with Gasteiger partial charge in [-0.15, -0.1) is 5.10 Å². The van der Waals surface area contributed by atoms with Gasteiger partial charge in [-0.1, -0.05) is 24.5 Å². The van der Waals surface area contributed by atoms with Crippen LogP contribution in [0.25, 0.3) is 11.0 Å². The number of nitrogens with one attached hydrogen (secondary N) is 1. The summed E-state index contributed by atoms with van der Waals surface area (Å²) in [6.07, 6.45) is 7.27. The Balaban J connectivity index is 1.33. The molecule has 1 aromatic carbocycles. The van der Waals surface area contributed by atoms with Crippen LogP contribution in [0.4, 0.5) is 0 Å². The number of rotatable bonds is 4. The molecule has 0 atom stereocenters. The Morgan fingerprint density at radius 1 is 1.11 bits per heavy atom. The number of hydrogen-bond acceptors (Lipinski definition) is 4. The molecule has 0 radical (unpaired) electrons. The topological polar surface area (TPSA) is 80.1 Å². The monoisotopic (exact) mass is 383 g/mol. The predicted molar refractivity (Wildman–Crippen MR) is 107 cm³/mol. The lowest BCUT2D eigenvalue weighted by Gasteiger charge is -2.33. The number of amides is 2. The first kappa shape index (κ1) is 18.9. The fourth-order valence-corrected chi connectivity index (χ4v) is 4.43. The van der Waals surface area contributed by atoms with E-state index in [0.717, 1.165) is 43.3 Å². The molecule has 1 N–H and O–H groups in total. The molecule has 150 valence electrons. The minimum atomic E-state index is 0.0324. The second-order valence-electron chi connectivity index (χ2n) is 8.02. The second-order valence-corrected chi connectivity index (χ2v) is 8.02. The largest absolute Gasteiger partial charge is 0.353 e. The number of fused-ring (bicyclic) bond motifs is 1. The molecule has 1 aliphatic heterocycles. The summed E-state index contributed by atoms with van der Waals surface area (Å²) in [6, 6.07) is 5.79. The second kappa shape index (κ2) is 8.29. The van der Waals surface area contributed by atoms with Crippen LogP contribution in [0.5, 0.6) is 0 Å². The Bertz CT molecular complexity index is 848. The highest BCUT2D eigenvalue weighted by molar-refractivity contribution is 5.97. The molecule has 0 spiro atoms. The summed E-state index contributed by atoms with van der Waals surface area (Å²) in [5.74, 6) is 0.440. The van der Waals surface area contributed by atoms with Crippen LogP contribution in [0.1, 0.15) is 62.2 Å². The Morgan fingerprint density at radius 2 is 1.86 bits per heavy atom. The van der Waals surface area contributed by atoms with Crippen LogP contribution in [0.3, 0.4) is 0 Å². The minimum absolute atomic E-state index is 0.0324. The van der Waals surface area contributed by atoms with Crippen LogP contribution in [-0.2, 0) is 11.3 Å². The Labute approximate surface area is 165 Å². The van der Waals surface area contributed by atoms with E-state index < -0.39 is 0 Å². The molecule has 1 aliphatic carbocycles. The van der Waals surface area contributed by atoms with E-state index in [-0.39, 0.29) is 23.8 Å². The van der Waals surface area contributed by atoms with Crippen molar-refractivity contribution in [1.29, 1.82) is 0 Å². The van der Waals surface area contributed by atoms with Gasteiger partial charge in [-0.3, -0.25) is 9.59 Å². The van der Waals surface area contributed by atoms with Crippen molar-refractivity contribution in [1.82, 2.24) is 25.2 Å². The first-order valence-corrected chi connectivity index (χ1v) is 10.6. The van der Waals surface area contributed by atoms with Crippen molar-refractivity contribution in [2.45, 2.75) is 64.5 Å². The zero-order valence-corrected chi connectivity index (χ0v) is 16.6. The Hall–Kier alpha value is -2.44. The van der Waals surface area contributed by atoms with Crippen LogP contribution >= 0.6 is 0 Å². The zero-order valence-electron chi connectivity index (χ0n) is 16.6. The van der Waals surface area contributed by atoms with E-state index in [9.17, 15) is 9.59 Å². The van der Waals surface area contributed by atoms with Crippen molar-refractivity contribution in [2.75, 3.05) is 13.1 Å². The fourth-order valence-electron chi connectivity index (χ4n) is 4.43. The van der Waals surface area contributed by atoms with Gasteiger partial charge in [-0.2, -0.15) is 0 Å². The number of aromatic nitrogens is 3. The predicted octanol–water partition coefficient (Wildman–Crippen LogP) is 2.75. The summed E-state index contributed by atoms with van der Waals surface area (Å²) >= 11 is 0. The maximum absolute atomic E-state index is 12.9. The number of nitrogens with zero attached hydrogens (tertiary/aromatic N) is 4. The van der Waals surface area contributed by atoms with Gasteiger partial charge in [0, 0.05) is 37.2 Å². The van der Waals surface area contributed by atoms with Crippen LogP contribution < -0.4 is 5.32 Å². The summed E-state index contributed by atoms with van der Waals surface area (Å²) in [5, 5.41) is 11.5. The summed E-state index contributed by atoms with van der Waals surface area (Å²) in [7, 11) is 0. The molecule has 2 aromatic rings. The van der Waals surface area contributed by atoms with Gasteiger partial charge in [0.25, 0.3) is 5.91 Å². The molecular formula is C21H29N5O2. The molecule has 7 heteroatoms. The third-order valence-electron chi connectivity index (χ3n) is 6.16. The van der Waals surface area contributed by atoms with Gasteiger partial charge in [0.05, 0.1) is 5.52 Å². The van der Waals surface area contributed by atoms with E-state index in [0.29, 0.717) is 18.7 Å². The number of carbonyl (C=O) groups is 2. The molecule has 0 unspecified atom stereocenters. The van der Waals surface area contributed by atoms with Gasteiger partial charge in [-0.05, 0) is 50.8 Å². The third-order valence-corrected chi connectivity index (χ3v) is 6.16. The molecular weight excluding hydrogens is 354 g/mol. The van der Waals surface area contributed by atoms with Gasteiger partial charge >= 0.3 is 0 Å². The zero-order chi connectivity index (χ0) is 19.5. The Kier molecular flexibility index (Phi) is 5.59. The van der Waals surface area contributed by atoms with Crippen LogP contribution in [0, 0.1) is 5.92 Å². The van der Waals surface area contributed by atoms with E-state index in [1.165, 1.54) is 19.3 Å². The first-order chi connectivity index (χ1) is 13.7.